The third-order valence-corrected chi connectivity index (χ3v) is 9.47. The minimum absolute atomic E-state index is 0.124. The van der Waals surface area contributed by atoms with Crippen LogP contribution in [0.3, 0.4) is 0 Å². The molecular weight excluding hydrogens is 552 g/mol. The lowest BCUT2D eigenvalue weighted by molar-refractivity contribution is -0.136. The largest absolute Gasteiger partial charge is 0.461 e. The Balaban J connectivity index is 1.29. The molecule has 0 radical (unpaired) electrons. The zero-order valence-electron chi connectivity index (χ0n) is 22.8. The molecule has 2 unspecified atom stereocenters. The molecule has 4 saturated heterocycles. The van der Waals surface area contributed by atoms with Gasteiger partial charge in [-0.25, -0.2) is 4.39 Å². The molecule has 2 N–H and O–H groups in total. The van der Waals surface area contributed by atoms with Gasteiger partial charge in [-0.1, -0.05) is 12.1 Å². The Morgan fingerprint density at radius 1 is 1.05 bits per heavy atom. The molecule has 4 aromatic rings. The second-order valence-corrected chi connectivity index (χ2v) is 12.1. The highest BCUT2D eigenvalue weighted by molar-refractivity contribution is 5.99. The second-order valence-electron chi connectivity index (χ2n) is 12.1. The van der Waals surface area contributed by atoms with Gasteiger partial charge < -0.3 is 15.0 Å². The van der Waals surface area contributed by atoms with Crippen molar-refractivity contribution in [3.8, 4) is 17.3 Å². The zero-order chi connectivity index (χ0) is 28.6. The van der Waals surface area contributed by atoms with Crippen molar-refractivity contribution in [2.75, 3.05) is 37.7 Å². The van der Waals surface area contributed by atoms with Crippen molar-refractivity contribution in [1.29, 1.82) is 0 Å². The third kappa shape index (κ3) is 4.19. The van der Waals surface area contributed by atoms with E-state index in [0.29, 0.717) is 48.3 Å². The number of aromatic amines is 1. The number of aromatic nitrogens is 5. The van der Waals surface area contributed by atoms with E-state index in [4.69, 9.17) is 9.72 Å². The molecule has 0 amide bonds. The van der Waals surface area contributed by atoms with Crippen molar-refractivity contribution in [2.45, 2.75) is 62.1 Å². The van der Waals surface area contributed by atoms with Gasteiger partial charge in [-0.2, -0.15) is 28.2 Å². The summed E-state index contributed by atoms with van der Waals surface area (Å²) < 4.78 is 65.7. The van der Waals surface area contributed by atoms with Gasteiger partial charge in [0.1, 0.15) is 24.2 Å². The van der Waals surface area contributed by atoms with Crippen LogP contribution in [0.4, 0.5) is 23.4 Å². The summed E-state index contributed by atoms with van der Waals surface area (Å²) in [4.78, 5) is 17.7. The Morgan fingerprint density at radius 2 is 1.88 bits per heavy atom. The standard InChI is InChI=1S/C29H30F4N8O/c30-16-9-28(7-2-8-41(28)12-16)15-42-27-37-25-21(26(38-27)40-13-17-5-6-18(14-40)36-17)10-34-24(23(25)29(31,32)33)19-3-1-4-22-20(19)11-35-39-22/h1,3-4,10-11,16-18,36H,2,5-9,12-15H2,(H,35,39)/t16-,17?,18?,28+/m0/s1. The van der Waals surface area contributed by atoms with Crippen molar-refractivity contribution in [3.05, 3.63) is 36.2 Å². The number of anilines is 1. The number of hydrogen-bond donors (Lipinski definition) is 2. The van der Waals surface area contributed by atoms with Crippen LogP contribution in [0.1, 0.15) is 37.7 Å². The van der Waals surface area contributed by atoms with Gasteiger partial charge in [-0.15, -0.1) is 0 Å². The smallest absolute Gasteiger partial charge is 0.420 e. The highest BCUT2D eigenvalue weighted by Crippen LogP contribution is 2.44. The Kier molecular flexibility index (Phi) is 5.88. The van der Waals surface area contributed by atoms with E-state index in [1.165, 1.54) is 12.4 Å². The fourth-order valence-electron chi connectivity index (χ4n) is 7.62. The van der Waals surface area contributed by atoms with Crippen LogP contribution in [0.25, 0.3) is 33.1 Å². The Hall–Kier alpha value is -3.58. The number of H-pyrrole nitrogens is 1. The number of piperazine rings is 1. The normalized spacial score (nSPS) is 27.8. The number of nitrogens with zero attached hydrogens (tertiary/aromatic N) is 6. The van der Waals surface area contributed by atoms with Crippen LogP contribution in [0.15, 0.2) is 30.6 Å². The first kappa shape index (κ1) is 26.1. The topological polar surface area (TPSA) is 95.1 Å². The predicted octanol–water partition coefficient (Wildman–Crippen LogP) is 4.48. The molecule has 4 aliphatic rings. The Labute approximate surface area is 238 Å². The van der Waals surface area contributed by atoms with Crippen LogP contribution in [0.5, 0.6) is 6.01 Å². The lowest BCUT2D eigenvalue weighted by atomic mass is 9.95. The molecule has 4 atom stereocenters. The number of ether oxygens (including phenoxy) is 1. The summed E-state index contributed by atoms with van der Waals surface area (Å²) in [5.41, 5.74) is -0.998. The van der Waals surface area contributed by atoms with Crippen molar-refractivity contribution in [3.63, 3.8) is 0 Å². The summed E-state index contributed by atoms with van der Waals surface area (Å²) in [6.07, 6.45) is 1.26. The van der Waals surface area contributed by atoms with Crippen LogP contribution in [-0.2, 0) is 6.18 Å². The molecule has 3 aromatic heterocycles. The highest BCUT2D eigenvalue weighted by Gasteiger charge is 2.49. The van der Waals surface area contributed by atoms with E-state index in [9.17, 15) is 4.39 Å². The number of rotatable bonds is 5. The van der Waals surface area contributed by atoms with Gasteiger partial charge in [0, 0.05) is 55.3 Å². The molecule has 220 valence electrons. The molecule has 1 aromatic carbocycles. The van der Waals surface area contributed by atoms with E-state index >= 15 is 13.2 Å². The minimum Gasteiger partial charge on any atom is -0.461 e. The quantitative estimate of drug-likeness (QED) is 0.333. The maximum Gasteiger partial charge on any atom is 0.420 e. The fourth-order valence-corrected chi connectivity index (χ4v) is 7.62. The SMILES string of the molecule is F[C@@H]1CN2CCC[C@]2(COc2nc(N3CC4CCC(C3)N4)c3cnc(-c4cccc5[nH]ncc45)c(C(F)(F)F)c3n2)C1. The number of alkyl halides is 4. The monoisotopic (exact) mass is 582 g/mol. The average molecular weight is 583 g/mol. The first-order valence-corrected chi connectivity index (χ1v) is 14.5. The van der Waals surface area contributed by atoms with Crippen molar-refractivity contribution >= 4 is 27.6 Å². The number of pyridine rings is 1. The number of fused-ring (bicyclic) bond motifs is 5. The van der Waals surface area contributed by atoms with E-state index in [0.717, 1.165) is 32.2 Å². The van der Waals surface area contributed by atoms with Gasteiger partial charge >= 0.3 is 12.2 Å². The number of nitrogens with one attached hydrogen (secondary N) is 2. The van der Waals surface area contributed by atoms with Gasteiger partial charge in [0.05, 0.1) is 33.8 Å². The molecule has 9 nitrogen and oxygen atoms in total. The molecule has 13 heteroatoms. The first-order chi connectivity index (χ1) is 20.3. The summed E-state index contributed by atoms with van der Waals surface area (Å²) >= 11 is 0. The van der Waals surface area contributed by atoms with E-state index in [2.05, 4.69) is 30.4 Å². The Morgan fingerprint density at radius 3 is 2.69 bits per heavy atom. The summed E-state index contributed by atoms with van der Waals surface area (Å²) in [6, 6.07) is 5.37. The first-order valence-electron chi connectivity index (χ1n) is 14.5. The molecule has 4 aliphatic heterocycles. The van der Waals surface area contributed by atoms with E-state index < -0.39 is 23.5 Å². The lowest BCUT2D eigenvalue weighted by Crippen LogP contribution is -2.51. The van der Waals surface area contributed by atoms with Gasteiger partial charge in [-0.3, -0.25) is 15.0 Å². The third-order valence-electron chi connectivity index (χ3n) is 9.47. The summed E-state index contributed by atoms with van der Waals surface area (Å²) in [5.74, 6) is 0.384. The van der Waals surface area contributed by atoms with Gasteiger partial charge in [0.25, 0.3) is 0 Å². The zero-order valence-corrected chi connectivity index (χ0v) is 22.8. The molecule has 0 saturated carbocycles. The van der Waals surface area contributed by atoms with Crippen LogP contribution in [0.2, 0.25) is 0 Å². The van der Waals surface area contributed by atoms with E-state index in [1.807, 2.05) is 4.90 Å². The van der Waals surface area contributed by atoms with Crippen LogP contribution >= 0.6 is 0 Å². The van der Waals surface area contributed by atoms with Gasteiger partial charge in [0.15, 0.2) is 0 Å². The molecule has 2 bridgehead atoms. The van der Waals surface area contributed by atoms with Crippen molar-refractivity contribution in [1.82, 2.24) is 35.4 Å². The molecule has 7 heterocycles. The van der Waals surface area contributed by atoms with E-state index in [-0.39, 0.29) is 41.3 Å². The average Bonchev–Trinajstić information content (AvgIpc) is 3.73. The van der Waals surface area contributed by atoms with E-state index in [1.54, 1.807) is 18.2 Å². The number of hydrogen-bond acceptors (Lipinski definition) is 8. The minimum atomic E-state index is -4.77. The molecule has 0 aliphatic carbocycles. The van der Waals surface area contributed by atoms with Crippen molar-refractivity contribution in [2.24, 2.45) is 0 Å². The molecule has 8 rings (SSSR count). The van der Waals surface area contributed by atoms with Crippen LogP contribution in [0, 0.1) is 0 Å². The van der Waals surface area contributed by atoms with Crippen LogP contribution < -0.4 is 15.0 Å². The van der Waals surface area contributed by atoms with Gasteiger partial charge in [-0.05, 0) is 38.3 Å². The number of benzene rings is 1. The summed E-state index contributed by atoms with van der Waals surface area (Å²) in [6.45, 7) is 2.48. The number of halogens is 4. The Bertz CT molecular complexity index is 1660. The lowest BCUT2D eigenvalue weighted by Gasteiger charge is -2.35. The fraction of sp³-hybridized carbons (Fsp3) is 0.517. The molecule has 42 heavy (non-hydrogen) atoms. The van der Waals surface area contributed by atoms with Crippen LogP contribution in [-0.4, -0.2) is 86.6 Å². The molecular formula is C29H30F4N8O. The maximum absolute atomic E-state index is 15.0. The molecule has 0 spiro atoms. The van der Waals surface area contributed by atoms with Crippen molar-refractivity contribution < 1.29 is 22.3 Å². The highest BCUT2D eigenvalue weighted by atomic mass is 19.4. The van der Waals surface area contributed by atoms with Gasteiger partial charge in [0.2, 0.25) is 0 Å². The molecule has 4 fully saturated rings. The summed E-state index contributed by atoms with van der Waals surface area (Å²) in [5, 5.41) is 11.2. The predicted molar refractivity (Wildman–Crippen MR) is 148 cm³/mol. The second kappa shape index (κ2) is 9.46. The summed E-state index contributed by atoms with van der Waals surface area (Å²) in [7, 11) is 0. The maximum atomic E-state index is 15.0.